The van der Waals surface area contributed by atoms with Crippen LogP contribution in [0.25, 0.3) is 16.1 Å². The minimum Gasteiger partial charge on any atom is -0.365 e. The van der Waals surface area contributed by atoms with E-state index >= 15 is 0 Å². The molecule has 0 unspecified atom stereocenters. The maximum Gasteiger partial charge on any atom is 0.252 e. The topological polar surface area (TPSA) is 120 Å². The molecule has 33 heavy (non-hydrogen) atoms. The zero-order valence-corrected chi connectivity index (χ0v) is 18.7. The van der Waals surface area contributed by atoms with E-state index in [4.69, 9.17) is 12.3 Å². The number of aromatic nitrogens is 2. The van der Waals surface area contributed by atoms with E-state index in [9.17, 15) is 18.0 Å². The summed E-state index contributed by atoms with van der Waals surface area (Å²) < 4.78 is 25.1. The third-order valence-corrected chi connectivity index (χ3v) is 6.68. The Hall–Kier alpha value is -3.97. The summed E-state index contributed by atoms with van der Waals surface area (Å²) in [6.07, 6.45) is 1.30. The van der Waals surface area contributed by atoms with Crippen molar-refractivity contribution in [3.8, 4) is 11.3 Å². The SMILES string of the molecule is [C-]#[N+]c1ccc(CC(=O)N2CCn3nc(-c4ccc(S(C)(=O)=O)cc4)c(C(N)=O)c3C2)cc1. The molecule has 2 heterocycles. The van der Waals surface area contributed by atoms with Gasteiger partial charge in [-0.05, 0) is 17.7 Å². The summed E-state index contributed by atoms with van der Waals surface area (Å²) in [7, 11) is -3.35. The number of amides is 2. The summed E-state index contributed by atoms with van der Waals surface area (Å²) in [6.45, 7) is 8.04. The molecule has 1 aromatic heterocycles. The van der Waals surface area contributed by atoms with E-state index in [2.05, 4.69) is 9.94 Å². The zero-order valence-electron chi connectivity index (χ0n) is 17.9. The van der Waals surface area contributed by atoms with Gasteiger partial charge in [0.2, 0.25) is 5.91 Å². The van der Waals surface area contributed by atoms with Crippen LogP contribution in [0, 0.1) is 6.57 Å². The zero-order chi connectivity index (χ0) is 23.8. The van der Waals surface area contributed by atoms with E-state index in [0.717, 1.165) is 11.8 Å². The molecule has 0 fully saturated rings. The summed E-state index contributed by atoms with van der Waals surface area (Å²) in [5.74, 6) is -0.769. The maximum absolute atomic E-state index is 12.9. The number of benzene rings is 2. The lowest BCUT2D eigenvalue weighted by Crippen LogP contribution is -2.40. The van der Waals surface area contributed by atoms with Gasteiger partial charge in [0.25, 0.3) is 5.91 Å². The Bertz CT molecular complexity index is 1380. The van der Waals surface area contributed by atoms with Gasteiger partial charge in [-0.2, -0.15) is 5.10 Å². The van der Waals surface area contributed by atoms with Crippen LogP contribution in [0.4, 0.5) is 5.69 Å². The van der Waals surface area contributed by atoms with Gasteiger partial charge in [0.15, 0.2) is 15.5 Å². The van der Waals surface area contributed by atoms with Crippen LogP contribution in [-0.2, 0) is 34.1 Å². The van der Waals surface area contributed by atoms with Crippen molar-refractivity contribution in [2.45, 2.75) is 24.4 Å². The molecule has 2 N–H and O–H groups in total. The number of carbonyl (C=O) groups excluding carboxylic acids is 2. The monoisotopic (exact) mass is 463 g/mol. The van der Waals surface area contributed by atoms with Crippen molar-refractivity contribution >= 4 is 27.3 Å². The van der Waals surface area contributed by atoms with E-state index in [-0.39, 0.29) is 29.3 Å². The maximum atomic E-state index is 12.9. The predicted molar refractivity (Wildman–Crippen MR) is 121 cm³/mol. The number of rotatable bonds is 5. The van der Waals surface area contributed by atoms with Gasteiger partial charge in [0.1, 0.15) is 5.69 Å². The number of fused-ring (bicyclic) bond motifs is 1. The van der Waals surface area contributed by atoms with Crippen molar-refractivity contribution in [3.05, 3.63) is 76.8 Å². The largest absolute Gasteiger partial charge is 0.365 e. The molecule has 2 aromatic carbocycles. The Morgan fingerprint density at radius 1 is 1.09 bits per heavy atom. The molecule has 1 aliphatic heterocycles. The van der Waals surface area contributed by atoms with E-state index in [1.165, 1.54) is 12.1 Å². The molecule has 2 amide bonds. The average Bonchev–Trinajstić information content (AvgIpc) is 3.18. The van der Waals surface area contributed by atoms with Crippen molar-refractivity contribution in [3.63, 3.8) is 0 Å². The molecule has 9 nitrogen and oxygen atoms in total. The van der Waals surface area contributed by atoms with E-state index in [0.29, 0.717) is 35.7 Å². The number of carbonyl (C=O) groups is 2. The Morgan fingerprint density at radius 3 is 2.33 bits per heavy atom. The van der Waals surface area contributed by atoms with Gasteiger partial charge in [-0.25, -0.2) is 13.3 Å². The first-order valence-corrected chi connectivity index (χ1v) is 12.0. The molecule has 4 rings (SSSR count). The molecular formula is C23H21N5O4S. The molecule has 0 saturated heterocycles. The molecule has 0 atom stereocenters. The minimum absolute atomic E-state index is 0.104. The van der Waals surface area contributed by atoms with Crippen LogP contribution in [-0.4, -0.2) is 47.7 Å². The number of nitrogens with zero attached hydrogens (tertiary/aromatic N) is 4. The molecular weight excluding hydrogens is 442 g/mol. The summed E-state index contributed by atoms with van der Waals surface area (Å²) in [6, 6.07) is 13.0. The molecule has 0 bridgehead atoms. The molecule has 0 aliphatic carbocycles. The highest BCUT2D eigenvalue weighted by Gasteiger charge is 2.29. The molecule has 168 valence electrons. The molecule has 0 saturated carbocycles. The Kier molecular flexibility index (Phi) is 5.74. The van der Waals surface area contributed by atoms with E-state index < -0.39 is 15.7 Å². The van der Waals surface area contributed by atoms with Crippen LogP contribution >= 0.6 is 0 Å². The second-order valence-electron chi connectivity index (χ2n) is 7.82. The van der Waals surface area contributed by atoms with Gasteiger partial charge in [0.05, 0.1) is 42.2 Å². The van der Waals surface area contributed by atoms with Crippen LogP contribution in [0.15, 0.2) is 53.4 Å². The molecule has 10 heteroatoms. The predicted octanol–water partition coefficient (Wildman–Crippen LogP) is 2.19. The average molecular weight is 464 g/mol. The van der Waals surface area contributed by atoms with Crippen LogP contribution in [0.5, 0.6) is 0 Å². The second-order valence-corrected chi connectivity index (χ2v) is 9.84. The van der Waals surface area contributed by atoms with E-state index in [1.807, 2.05) is 0 Å². The van der Waals surface area contributed by atoms with Gasteiger partial charge in [-0.1, -0.05) is 36.4 Å². The number of hydrogen-bond donors (Lipinski definition) is 1. The number of sulfone groups is 1. The fraction of sp³-hybridized carbons (Fsp3) is 0.217. The molecule has 1 aliphatic rings. The normalized spacial score (nSPS) is 13.3. The van der Waals surface area contributed by atoms with E-state index in [1.54, 1.807) is 46.0 Å². The fourth-order valence-corrected chi connectivity index (χ4v) is 4.46. The number of nitrogens with two attached hydrogens (primary N) is 1. The van der Waals surface area contributed by atoms with Crippen molar-refractivity contribution in [2.75, 3.05) is 12.8 Å². The number of primary amides is 1. The highest BCUT2D eigenvalue weighted by Crippen LogP contribution is 2.29. The lowest BCUT2D eigenvalue weighted by molar-refractivity contribution is -0.132. The quantitative estimate of drug-likeness (QED) is 0.582. The van der Waals surface area contributed by atoms with Crippen LogP contribution < -0.4 is 5.73 Å². The Morgan fingerprint density at radius 2 is 1.76 bits per heavy atom. The van der Waals surface area contributed by atoms with Gasteiger partial charge >= 0.3 is 0 Å². The van der Waals surface area contributed by atoms with Gasteiger partial charge in [-0.3, -0.25) is 14.3 Å². The Labute approximate surface area is 191 Å². The van der Waals surface area contributed by atoms with Crippen LogP contribution in [0.2, 0.25) is 0 Å². The van der Waals surface area contributed by atoms with Crippen molar-refractivity contribution in [1.82, 2.24) is 14.7 Å². The molecule has 0 radical (unpaired) electrons. The van der Waals surface area contributed by atoms with Crippen molar-refractivity contribution in [2.24, 2.45) is 5.73 Å². The second kappa shape index (κ2) is 8.52. The highest BCUT2D eigenvalue weighted by atomic mass is 32.2. The summed E-state index contributed by atoms with van der Waals surface area (Å²) >= 11 is 0. The van der Waals surface area contributed by atoms with Gasteiger partial charge in [-0.15, -0.1) is 0 Å². The molecule has 0 spiro atoms. The summed E-state index contributed by atoms with van der Waals surface area (Å²) in [4.78, 5) is 30.4. The highest BCUT2D eigenvalue weighted by molar-refractivity contribution is 7.90. The standard InChI is InChI=1S/C23H21N5O4S/c1-25-17-7-3-15(4-8-17)13-20(29)27-11-12-28-19(14-27)21(23(24)30)22(26-28)16-5-9-18(10-6-16)33(2,31)32/h3-10H,11-14H2,2H3,(H2,24,30). The van der Waals surface area contributed by atoms with Crippen LogP contribution in [0.3, 0.4) is 0 Å². The minimum atomic E-state index is -3.35. The first-order chi connectivity index (χ1) is 15.7. The lowest BCUT2D eigenvalue weighted by Gasteiger charge is -2.28. The van der Waals surface area contributed by atoms with Crippen molar-refractivity contribution in [1.29, 1.82) is 0 Å². The smallest absolute Gasteiger partial charge is 0.252 e. The number of hydrogen-bond acceptors (Lipinski definition) is 5. The molecule has 3 aromatic rings. The first kappa shape index (κ1) is 22.2. The summed E-state index contributed by atoms with van der Waals surface area (Å²) in [5, 5.41) is 4.53. The third kappa shape index (κ3) is 4.49. The fourth-order valence-electron chi connectivity index (χ4n) is 3.83. The third-order valence-electron chi connectivity index (χ3n) is 5.56. The van der Waals surface area contributed by atoms with Crippen LogP contribution in [0.1, 0.15) is 21.6 Å². The Balaban J connectivity index is 1.60. The van der Waals surface area contributed by atoms with Crippen molar-refractivity contribution < 1.29 is 18.0 Å². The summed E-state index contributed by atoms with van der Waals surface area (Å²) in [5.41, 5.74) is 8.69. The van der Waals surface area contributed by atoms with Gasteiger partial charge < -0.3 is 10.6 Å². The van der Waals surface area contributed by atoms with Gasteiger partial charge in [0, 0.05) is 18.4 Å². The first-order valence-electron chi connectivity index (χ1n) is 10.1. The lowest BCUT2D eigenvalue weighted by atomic mass is 10.0.